The van der Waals surface area contributed by atoms with Gasteiger partial charge in [-0.2, -0.15) is 8.42 Å². The third kappa shape index (κ3) is 6.54. The number of amides is 2. The van der Waals surface area contributed by atoms with Crippen molar-refractivity contribution in [3.63, 3.8) is 0 Å². The summed E-state index contributed by atoms with van der Waals surface area (Å²) < 4.78 is 42.2. The Hall–Kier alpha value is -5.26. The number of rotatable bonds is 10. The highest BCUT2D eigenvalue weighted by molar-refractivity contribution is 7.85. The van der Waals surface area contributed by atoms with Gasteiger partial charge in [-0.25, -0.2) is 0 Å². The Bertz CT molecular complexity index is 2030. The highest BCUT2D eigenvalue weighted by Crippen LogP contribution is 2.31. The maximum atomic E-state index is 13.8. The van der Waals surface area contributed by atoms with Crippen molar-refractivity contribution >= 4 is 49.6 Å². The second-order valence-corrected chi connectivity index (χ2v) is 11.8. The average molecular weight is 610 g/mol. The number of nitrogens with zero attached hydrogens (tertiary/aromatic N) is 1. The lowest BCUT2D eigenvalue weighted by atomic mass is 9.92. The van der Waals surface area contributed by atoms with Crippen LogP contribution in [0.2, 0.25) is 0 Å². The lowest BCUT2D eigenvalue weighted by Gasteiger charge is -2.16. The molecule has 4 aromatic carbocycles. The highest BCUT2D eigenvalue weighted by atomic mass is 32.2. The normalized spacial score (nSPS) is 12.3. The van der Waals surface area contributed by atoms with E-state index in [-0.39, 0.29) is 18.9 Å². The van der Waals surface area contributed by atoms with E-state index in [9.17, 15) is 18.0 Å². The van der Waals surface area contributed by atoms with Gasteiger partial charge in [-0.15, -0.1) is 0 Å². The van der Waals surface area contributed by atoms with Crippen molar-refractivity contribution < 1.29 is 31.5 Å². The van der Waals surface area contributed by atoms with Crippen LogP contribution in [0.1, 0.15) is 27.5 Å². The van der Waals surface area contributed by atoms with E-state index < -0.39 is 27.7 Å². The molecule has 10 nitrogen and oxygen atoms in total. The Morgan fingerprint density at radius 3 is 2.30 bits per heavy atom. The zero-order chi connectivity index (χ0) is 30.7. The van der Waals surface area contributed by atoms with Gasteiger partial charge in [0.2, 0.25) is 5.91 Å². The van der Waals surface area contributed by atoms with Gasteiger partial charge < -0.3 is 19.6 Å². The van der Waals surface area contributed by atoms with Crippen LogP contribution in [0, 0.1) is 0 Å². The van der Waals surface area contributed by atoms with Crippen molar-refractivity contribution in [2.75, 3.05) is 17.6 Å². The van der Waals surface area contributed by atoms with Crippen LogP contribution < -0.4 is 10.6 Å². The summed E-state index contributed by atoms with van der Waals surface area (Å²) >= 11 is 0. The Morgan fingerprint density at radius 2 is 1.57 bits per heavy atom. The fourth-order valence-corrected chi connectivity index (χ4v) is 5.33. The number of para-hydroxylation sites is 2. The number of fused-ring (bicyclic) bond motifs is 2. The van der Waals surface area contributed by atoms with Crippen LogP contribution in [0.3, 0.4) is 0 Å². The molecule has 0 aliphatic carbocycles. The minimum atomic E-state index is -4.18. The molecule has 6 rings (SSSR count). The van der Waals surface area contributed by atoms with Crippen LogP contribution in [-0.2, 0) is 21.3 Å². The van der Waals surface area contributed by atoms with Crippen LogP contribution in [0.5, 0.6) is 0 Å². The molecule has 0 fully saturated rings. The molecule has 11 heteroatoms. The number of carbonyl (C=O) groups is 2. The van der Waals surface area contributed by atoms with Crippen molar-refractivity contribution in [3.8, 4) is 11.3 Å². The molecule has 1 unspecified atom stereocenters. The number of hydrogen-bond donors (Lipinski definition) is 3. The third-order valence-corrected chi connectivity index (χ3v) is 7.94. The van der Waals surface area contributed by atoms with Crippen molar-refractivity contribution in [2.45, 2.75) is 12.3 Å². The fraction of sp³-hybridized carbons (Fsp3) is 0.121. The molecule has 0 bridgehead atoms. The first-order valence-corrected chi connectivity index (χ1v) is 15.4. The summed E-state index contributed by atoms with van der Waals surface area (Å²) in [6.07, 6.45) is 0.268. The topological polar surface area (TPSA) is 152 Å². The molecule has 6 aromatic rings. The smallest absolute Gasteiger partial charge is 0.266 e. The number of anilines is 1. The standard InChI is InChI=1S/C33H27N3O7S/c37-32(34-17-18-44(39,40)41)23-11-9-21(10-12-23)19-27(31-26-6-2-4-8-29(26)43-36-31)33(38)35-25-15-13-22(14-16-25)30-20-24-5-1-3-7-28(24)42-30/h1-16,20,27H,17-19H2,(H,34,37)(H,35,38)(H,39,40,41). The number of nitrogens with one attached hydrogen (secondary N) is 2. The largest absolute Gasteiger partial charge is 0.456 e. The predicted octanol–water partition coefficient (Wildman–Crippen LogP) is 5.82. The molecule has 0 saturated heterocycles. The van der Waals surface area contributed by atoms with Crippen molar-refractivity contribution in [2.24, 2.45) is 0 Å². The monoisotopic (exact) mass is 609 g/mol. The lowest BCUT2D eigenvalue weighted by Crippen LogP contribution is -2.28. The van der Waals surface area contributed by atoms with Gasteiger partial charge in [0.15, 0.2) is 5.58 Å². The van der Waals surface area contributed by atoms with E-state index in [1.165, 1.54) is 0 Å². The van der Waals surface area contributed by atoms with E-state index in [1.54, 1.807) is 30.3 Å². The van der Waals surface area contributed by atoms with Crippen LogP contribution in [0.4, 0.5) is 5.69 Å². The summed E-state index contributed by atoms with van der Waals surface area (Å²) in [6, 6.07) is 31.1. The highest BCUT2D eigenvalue weighted by Gasteiger charge is 2.27. The third-order valence-electron chi connectivity index (χ3n) is 7.22. The zero-order valence-corrected chi connectivity index (χ0v) is 24.1. The van der Waals surface area contributed by atoms with Gasteiger partial charge in [0.25, 0.3) is 16.0 Å². The molecule has 0 radical (unpaired) electrons. The van der Waals surface area contributed by atoms with E-state index in [4.69, 9.17) is 13.5 Å². The van der Waals surface area contributed by atoms with Gasteiger partial charge in [-0.1, -0.05) is 47.6 Å². The minimum absolute atomic E-state index is 0.222. The fourth-order valence-electron chi connectivity index (χ4n) is 4.97. The van der Waals surface area contributed by atoms with Gasteiger partial charge in [0.05, 0.1) is 11.7 Å². The minimum Gasteiger partial charge on any atom is -0.456 e. The molecule has 2 heterocycles. The van der Waals surface area contributed by atoms with Crippen molar-refractivity contribution in [1.82, 2.24) is 10.5 Å². The number of furan rings is 1. The molecule has 0 aliphatic heterocycles. The van der Waals surface area contributed by atoms with Gasteiger partial charge in [0, 0.05) is 34.1 Å². The summed E-state index contributed by atoms with van der Waals surface area (Å²) in [5.41, 5.74) is 4.41. The van der Waals surface area contributed by atoms with Crippen LogP contribution in [0.15, 0.2) is 112 Å². The Morgan fingerprint density at radius 1 is 0.864 bits per heavy atom. The molecule has 44 heavy (non-hydrogen) atoms. The number of carbonyl (C=O) groups excluding carboxylic acids is 2. The average Bonchev–Trinajstić information content (AvgIpc) is 3.64. The lowest BCUT2D eigenvalue weighted by molar-refractivity contribution is -0.117. The quantitative estimate of drug-likeness (QED) is 0.164. The van der Waals surface area contributed by atoms with Crippen molar-refractivity contribution in [3.05, 3.63) is 120 Å². The molecule has 222 valence electrons. The first-order chi connectivity index (χ1) is 21.2. The van der Waals surface area contributed by atoms with E-state index in [1.807, 2.05) is 72.8 Å². The van der Waals surface area contributed by atoms with Crippen LogP contribution in [0.25, 0.3) is 33.3 Å². The maximum Gasteiger partial charge on any atom is 0.266 e. The second-order valence-electron chi connectivity index (χ2n) is 10.3. The summed E-state index contributed by atoms with van der Waals surface area (Å²) in [5, 5.41) is 11.4. The van der Waals surface area contributed by atoms with Gasteiger partial charge >= 0.3 is 0 Å². The Labute approximate surface area is 252 Å². The SMILES string of the molecule is O=C(NCCS(=O)(=O)O)c1ccc(CC(C(=O)Nc2ccc(-c3cc4ccccc4o3)cc2)c2noc3ccccc23)cc1. The zero-order valence-electron chi connectivity index (χ0n) is 23.3. The molecular formula is C33H27N3O7S. The van der Waals surface area contributed by atoms with Crippen LogP contribution >= 0.6 is 0 Å². The second kappa shape index (κ2) is 12.2. The molecule has 0 aliphatic rings. The van der Waals surface area contributed by atoms with Gasteiger partial charge in [-0.05, 0) is 72.6 Å². The molecule has 0 spiro atoms. The van der Waals surface area contributed by atoms with Gasteiger partial charge in [0.1, 0.15) is 17.0 Å². The predicted molar refractivity (Wildman–Crippen MR) is 166 cm³/mol. The molecular weight excluding hydrogens is 582 g/mol. The van der Waals surface area contributed by atoms with Crippen molar-refractivity contribution in [1.29, 1.82) is 0 Å². The van der Waals surface area contributed by atoms with E-state index >= 15 is 0 Å². The van der Waals surface area contributed by atoms with Crippen LogP contribution in [-0.4, -0.2) is 42.2 Å². The Balaban J connectivity index is 1.20. The summed E-state index contributed by atoms with van der Waals surface area (Å²) in [6.45, 7) is -0.222. The van der Waals surface area contributed by atoms with E-state index in [2.05, 4.69) is 15.8 Å². The van der Waals surface area contributed by atoms with E-state index in [0.29, 0.717) is 22.5 Å². The molecule has 2 amide bonds. The first kappa shape index (κ1) is 28.8. The maximum absolute atomic E-state index is 13.8. The summed E-state index contributed by atoms with van der Waals surface area (Å²) in [5.74, 6) is -1.34. The molecule has 1 atom stereocenters. The summed E-state index contributed by atoms with van der Waals surface area (Å²) in [4.78, 5) is 26.1. The number of benzene rings is 4. The van der Waals surface area contributed by atoms with Gasteiger partial charge in [-0.3, -0.25) is 14.1 Å². The molecule has 3 N–H and O–H groups in total. The number of hydrogen-bond acceptors (Lipinski definition) is 7. The Kier molecular flexibility index (Phi) is 7.97. The molecule has 2 aromatic heterocycles. The van der Waals surface area contributed by atoms with E-state index in [0.717, 1.165) is 33.2 Å². The molecule has 0 saturated carbocycles. The number of aromatic nitrogens is 1. The summed E-state index contributed by atoms with van der Waals surface area (Å²) in [7, 11) is -4.18. The first-order valence-electron chi connectivity index (χ1n) is 13.8.